The topological polar surface area (TPSA) is 104 Å². The molecule has 0 aromatic carbocycles. The minimum absolute atomic E-state index is 0.153. The van der Waals surface area contributed by atoms with E-state index in [-0.39, 0.29) is 12.6 Å². The largest absolute Gasteiger partial charge is 0.481 e. The number of nitrogens with one attached hydrogen (secondary N) is 2. The number of amides is 2. The Kier molecular flexibility index (Phi) is 7.35. The van der Waals surface area contributed by atoms with E-state index >= 15 is 0 Å². The minimum atomic E-state index is -0.889. The first-order valence-electron chi connectivity index (χ1n) is 5.06. The van der Waals surface area contributed by atoms with Gasteiger partial charge >= 0.3 is 12.0 Å². The number of carboxylic acids is 1. The lowest BCUT2D eigenvalue weighted by Crippen LogP contribution is -2.40. The summed E-state index contributed by atoms with van der Waals surface area (Å²) in [5.74, 6) is -1.41. The van der Waals surface area contributed by atoms with Gasteiger partial charge in [0, 0.05) is 13.1 Å². The molecule has 6 nitrogen and oxygen atoms in total. The first kappa shape index (κ1) is 13.7. The summed E-state index contributed by atoms with van der Waals surface area (Å²) in [5.41, 5.74) is 5.25. The molecular formula is C9H19N3O3. The van der Waals surface area contributed by atoms with Gasteiger partial charge in [0.1, 0.15) is 0 Å². The summed E-state index contributed by atoms with van der Waals surface area (Å²) in [7, 11) is 0. The molecule has 0 aliphatic heterocycles. The standard InChI is InChI=1S/C9H19N3O3/c1-2-7(8(13)14)6-12-9(15)11-5-3-4-10/h7H,2-6,10H2,1H3,(H,13,14)(H2,11,12,15). The fraction of sp³-hybridized carbons (Fsp3) is 0.778. The molecule has 88 valence electrons. The molecule has 0 saturated carbocycles. The van der Waals surface area contributed by atoms with E-state index in [1.165, 1.54) is 0 Å². The van der Waals surface area contributed by atoms with Crippen LogP contribution < -0.4 is 16.4 Å². The Morgan fingerprint density at radius 2 is 2.07 bits per heavy atom. The van der Waals surface area contributed by atoms with Crippen LogP contribution in [0.15, 0.2) is 0 Å². The summed E-state index contributed by atoms with van der Waals surface area (Å²) >= 11 is 0. The highest BCUT2D eigenvalue weighted by atomic mass is 16.4. The third kappa shape index (κ3) is 6.73. The molecule has 2 amide bonds. The van der Waals surface area contributed by atoms with Gasteiger partial charge < -0.3 is 21.5 Å². The Bertz CT molecular complexity index is 209. The van der Waals surface area contributed by atoms with Gasteiger partial charge in [0.25, 0.3) is 0 Å². The maximum atomic E-state index is 11.1. The highest BCUT2D eigenvalue weighted by molar-refractivity contribution is 5.75. The summed E-state index contributed by atoms with van der Waals surface area (Å²) < 4.78 is 0. The average Bonchev–Trinajstić information content (AvgIpc) is 2.18. The van der Waals surface area contributed by atoms with Crippen LogP contribution in [0.4, 0.5) is 4.79 Å². The van der Waals surface area contributed by atoms with Crippen molar-refractivity contribution in [2.24, 2.45) is 11.7 Å². The summed E-state index contributed by atoms with van der Waals surface area (Å²) in [6.45, 7) is 2.95. The lowest BCUT2D eigenvalue weighted by atomic mass is 10.1. The van der Waals surface area contributed by atoms with Crippen molar-refractivity contribution in [3.05, 3.63) is 0 Å². The van der Waals surface area contributed by atoms with Crippen LogP contribution in [0.25, 0.3) is 0 Å². The summed E-state index contributed by atoms with van der Waals surface area (Å²) in [6.07, 6.45) is 1.21. The highest BCUT2D eigenvalue weighted by Crippen LogP contribution is 1.99. The van der Waals surface area contributed by atoms with E-state index in [1.54, 1.807) is 6.92 Å². The number of carboxylic acid groups (broad SMARTS) is 1. The molecule has 0 spiro atoms. The maximum absolute atomic E-state index is 11.1. The van der Waals surface area contributed by atoms with Gasteiger partial charge in [-0.05, 0) is 19.4 Å². The molecule has 0 bridgehead atoms. The Balaban J connectivity index is 3.64. The van der Waals surface area contributed by atoms with Crippen molar-refractivity contribution in [3.8, 4) is 0 Å². The van der Waals surface area contributed by atoms with Crippen LogP contribution in [0.5, 0.6) is 0 Å². The first-order chi connectivity index (χ1) is 7.11. The molecule has 0 heterocycles. The molecule has 1 atom stereocenters. The Morgan fingerprint density at radius 1 is 1.40 bits per heavy atom. The van der Waals surface area contributed by atoms with Gasteiger partial charge in [0.2, 0.25) is 0 Å². The smallest absolute Gasteiger partial charge is 0.314 e. The SMILES string of the molecule is CCC(CNC(=O)NCCCN)C(=O)O. The molecule has 0 rings (SSSR count). The van der Waals surface area contributed by atoms with Crippen LogP contribution in [0.2, 0.25) is 0 Å². The number of carbonyl (C=O) groups excluding carboxylic acids is 1. The fourth-order valence-electron chi connectivity index (χ4n) is 0.989. The molecule has 5 N–H and O–H groups in total. The van der Waals surface area contributed by atoms with E-state index in [1.807, 2.05) is 0 Å². The summed E-state index contributed by atoms with van der Waals surface area (Å²) in [5, 5.41) is 13.8. The number of nitrogens with two attached hydrogens (primary N) is 1. The van der Waals surface area contributed by atoms with Gasteiger partial charge in [-0.3, -0.25) is 4.79 Å². The van der Waals surface area contributed by atoms with Crippen molar-refractivity contribution < 1.29 is 14.7 Å². The van der Waals surface area contributed by atoms with Crippen LogP contribution in [0.3, 0.4) is 0 Å². The molecule has 1 unspecified atom stereocenters. The third-order valence-corrected chi connectivity index (χ3v) is 2.02. The third-order valence-electron chi connectivity index (χ3n) is 2.02. The van der Waals surface area contributed by atoms with Crippen molar-refractivity contribution in [3.63, 3.8) is 0 Å². The molecule has 15 heavy (non-hydrogen) atoms. The molecule has 0 aliphatic rings. The highest BCUT2D eigenvalue weighted by Gasteiger charge is 2.15. The number of urea groups is 1. The Hall–Kier alpha value is -1.30. The summed E-state index contributed by atoms with van der Waals surface area (Å²) in [4.78, 5) is 21.7. The molecule has 0 fully saturated rings. The number of rotatable bonds is 7. The van der Waals surface area contributed by atoms with E-state index in [0.29, 0.717) is 25.9 Å². The normalized spacial score (nSPS) is 11.9. The Morgan fingerprint density at radius 3 is 2.53 bits per heavy atom. The molecule has 0 aliphatic carbocycles. The van der Waals surface area contributed by atoms with E-state index in [4.69, 9.17) is 10.8 Å². The lowest BCUT2D eigenvalue weighted by molar-refractivity contribution is -0.141. The average molecular weight is 217 g/mol. The fourth-order valence-corrected chi connectivity index (χ4v) is 0.989. The number of hydrogen-bond donors (Lipinski definition) is 4. The van der Waals surface area contributed by atoms with Gasteiger partial charge in [-0.15, -0.1) is 0 Å². The van der Waals surface area contributed by atoms with Crippen LogP contribution in [0, 0.1) is 5.92 Å². The van der Waals surface area contributed by atoms with Gasteiger partial charge in [0.15, 0.2) is 0 Å². The number of hydrogen-bond acceptors (Lipinski definition) is 3. The van der Waals surface area contributed by atoms with Gasteiger partial charge in [0.05, 0.1) is 5.92 Å². The van der Waals surface area contributed by atoms with Crippen LogP contribution in [0.1, 0.15) is 19.8 Å². The van der Waals surface area contributed by atoms with E-state index in [0.717, 1.165) is 0 Å². The second kappa shape index (κ2) is 8.05. The van der Waals surface area contributed by atoms with E-state index in [2.05, 4.69) is 10.6 Å². The predicted molar refractivity (Wildman–Crippen MR) is 56.5 cm³/mol. The zero-order chi connectivity index (χ0) is 11.7. The van der Waals surface area contributed by atoms with Crippen molar-refractivity contribution in [2.75, 3.05) is 19.6 Å². The summed E-state index contributed by atoms with van der Waals surface area (Å²) in [6, 6.07) is -0.344. The molecule has 0 aromatic rings. The van der Waals surface area contributed by atoms with Crippen LogP contribution in [-0.2, 0) is 4.79 Å². The zero-order valence-electron chi connectivity index (χ0n) is 8.95. The first-order valence-corrected chi connectivity index (χ1v) is 5.06. The number of carbonyl (C=O) groups is 2. The maximum Gasteiger partial charge on any atom is 0.314 e. The van der Waals surface area contributed by atoms with Crippen molar-refractivity contribution in [1.29, 1.82) is 0 Å². The molecule has 0 radical (unpaired) electrons. The van der Waals surface area contributed by atoms with Crippen molar-refractivity contribution >= 4 is 12.0 Å². The van der Waals surface area contributed by atoms with Crippen molar-refractivity contribution in [2.45, 2.75) is 19.8 Å². The van der Waals surface area contributed by atoms with E-state index in [9.17, 15) is 9.59 Å². The lowest BCUT2D eigenvalue weighted by Gasteiger charge is -2.11. The second-order valence-corrected chi connectivity index (χ2v) is 3.22. The van der Waals surface area contributed by atoms with Gasteiger partial charge in [-0.1, -0.05) is 6.92 Å². The second-order valence-electron chi connectivity index (χ2n) is 3.22. The molecular weight excluding hydrogens is 198 g/mol. The minimum Gasteiger partial charge on any atom is -0.481 e. The molecule has 0 aromatic heterocycles. The molecule has 0 saturated heterocycles. The van der Waals surface area contributed by atoms with E-state index < -0.39 is 11.9 Å². The Labute approximate surface area is 89.2 Å². The monoisotopic (exact) mass is 217 g/mol. The van der Waals surface area contributed by atoms with Crippen LogP contribution in [-0.4, -0.2) is 36.7 Å². The number of aliphatic carboxylic acids is 1. The molecule has 6 heteroatoms. The zero-order valence-corrected chi connectivity index (χ0v) is 8.95. The van der Waals surface area contributed by atoms with Crippen LogP contribution >= 0.6 is 0 Å². The quantitative estimate of drug-likeness (QED) is 0.441. The predicted octanol–water partition coefficient (Wildman–Crippen LogP) is -0.255. The van der Waals surface area contributed by atoms with Crippen molar-refractivity contribution in [1.82, 2.24) is 10.6 Å². The van der Waals surface area contributed by atoms with Gasteiger partial charge in [-0.25, -0.2) is 4.79 Å². The van der Waals surface area contributed by atoms with Gasteiger partial charge in [-0.2, -0.15) is 0 Å².